The zero-order valence-corrected chi connectivity index (χ0v) is 18.0. The number of anilines is 1. The van der Waals surface area contributed by atoms with Gasteiger partial charge in [-0.05, 0) is 51.5 Å². The van der Waals surface area contributed by atoms with E-state index in [4.69, 9.17) is 4.42 Å². The summed E-state index contributed by atoms with van der Waals surface area (Å²) < 4.78 is 6.36. The fourth-order valence-corrected chi connectivity index (χ4v) is 3.82. The number of aromatic nitrogens is 1. The quantitative estimate of drug-likeness (QED) is 0.459. The highest BCUT2D eigenvalue weighted by Crippen LogP contribution is 2.32. The second-order valence-corrected chi connectivity index (χ2v) is 7.81. The van der Waals surface area contributed by atoms with Crippen molar-refractivity contribution in [2.24, 2.45) is 0 Å². The van der Waals surface area contributed by atoms with Gasteiger partial charge >= 0.3 is 0 Å². The van der Waals surface area contributed by atoms with E-state index in [1.165, 1.54) is 0 Å². The summed E-state index contributed by atoms with van der Waals surface area (Å²) in [7, 11) is 0. The molecule has 0 aliphatic heterocycles. The average Bonchev–Trinajstić information content (AvgIpc) is 2.77. The van der Waals surface area contributed by atoms with E-state index >= 15 is 0 Å². The summed E-state index contributed by atoms with van der Waals surface area (Å²) in [5.41, 5.74) is 5.56. The van der Waals surface area contributed by atoms with Crippen molar-refractivity contribution in [2.45, 2.75) is 33.7 Å². The van der Waals surface area contributed by atoms with Gasteiger partial charge in [-0.15, -0.1) is 0 Å². The molecule has 4 aromatic rings. The molecule has 2 aromatic carbocycles. The van der Waals surface area contributed by atoms with E-state index in [0.29, 0.717) is 33.7 Å². The fourth-order valence-electron chi connectivity index (χ4n) is 3.82. The maximum absolute atomic E-state index is 13.2. The minimum absolute atomic E-state index is 0.0352. The number of hydrogen-bond acceptors (Lipinski definition) is 5. The molecule has 2 heterocycles. The van der Waals surface area contributed by atoms with Crippen LogP contribution in [0.5, 0.6) is 0 Å². The molecular weight excluding hydrogens is 386 g/mol. The lowest BCUT2D eigenvalue weighted by Gasteiger charge is -2.19. The van der Waals surface area contributed by atoms with Crippen molar-refractivity contribution in [1.82, 2.24) is 4.98 Å². The van der Waals surface area contributed by atoms with E-state index in [2.05, 4.69) is 16.4 Å². The van der Waals surface area contributed by atoms with Gasteiger partial charge in [-0.3, -0.25) is 4.79 Å². The van der Waals surface area contributed by atoms with Crippen LogP contribution in [-0.4, -0.2) is 4.98 Å². The highest BCUT2D eigenvalue weighted by molar-refractivity contribution is 5.84. The van der Waals surface area contributed by atoms with Crippen molar-refractivity contribution in [3.05, 3.63) is 92.9 Å². The summed E-state index contributed by atoms with van der Waals surface area (Å²) in [6.07, 6.45) is 0. The topological polar surface area (TPSA) is 78.9 Å². The molecule has 0 unspecified atom stereocenters. The molecular formula is C26H23N3O2. The van der Waals surface area contributed by atoms with Crippen molar-refractivity contribution in [3.63, 3.8) is 0 Å². The fraction of sp³-hybridized carbons (Fsp3) is 0.192. The van der Waals surface area contributed by atoms with Gasteiger partial charge in [0.25, 0.3) is 0 Å². The molecule has 154 valence electrons. The third-order valence-electron chi connectivity index (χ3n) is 5.41. The predicted octanol–water partition coefficient (Wildman–Crippen LogP) is 5.83. The number of benzene rings is 2. The highest BCUT2D eigenvalue weighted by atomic mass is 16.3. The van der Waals surface area contributed by atoms with Crippen molar-refractivity contribution >= 4 is 16.7 Å². The van der Waals surface area contributed by atoms with Crippen LogP contribution in [0.1, 0.15) is 41.0 Å². The van der Waals surface area contributed by atoms with E-state index < -0.39 is 0 Å². The third kappa shape index (κ3) is 3.80. The number of pyridine rings is 1. The Balaban J connectivity index is 1.89. The minimum atomic E-state index is -0.214. The standard InChI is InChI=1S/C26H23N3O2/c1-15-12-20(18(4)29-22-11-10-16(2)28-23(22)14-27)26-21(13-15)24(30)17(3)25(31-26)19-8-6-5-7-9-19/h5-13,18,29H,1-4H3/t18-/m1/s1. The summed E-state index contributed by atoms with van der Waals surface area (Å²) in [5.74, 6) is 0.574. The summed E-state index contributed by atoms with van der Waals surface area (Å²) in [5, 5.41) is 13.4. The number of aryl methyl sites for hydroxylation is 2. The Morgan fingerprint density at radius 3 is 2.52 bits per heavy atom. The van der Waals surface area contributed by atoms with Crippen molar-refractivity contribution in [1.29, 1.82) is 5.26 Å². The molecule has 1 N–H and O–H groups in total. The van der Waals surface area contributed by atoms with Crippen LogP contribution in [0.4, 0.5) is 5.69 Å². The van der Waals surface area contributed by atoms with Crippen LogP contribution in [0, 0.1) is 32.1 Å². The van der Waals surface area contributed by atoms with Crippen LogP contribution in [0.25, 0.3) is 22.3 Å². The molecule has 0 saturated carbocycles. The molecule has 31 heavy (non-hydrogen) atoms. The SMILES string of the molecule is Cc1cc([C@@H](C)Nc2ccc(C)nc2C#N)c2oc(-c3ccccc3)c(C)c(=O)c2c1. The molecule has 0 saturated heterocycles. The summed E-state index contributed by atoms with van der Waals surface area (Å²) in [6, 6.07) is 19.2. The Bertz CT molecular complexity index is 1380. The van der Waals surface area contributed by atoms with Crippen LogP contribution in [0.2, 0.25) is 0 Å². The molecule has 0 amide bonds. The monoisotopic (exact) mass is 409 g/mol. The number of fused-ring (bicyclic) bond motifs is 1. The number of nitriles is 1. The lowest BCUT2D eigenvalue weighted by Crippen LogP contribution is -2.13. The first-order chi connectivity index (χ1) is 14.9. The second kappa shape index (κ2) is 8.08. The Kier molecular flexibility index (Phi) is 5.31. The zero-order valence-electron chi connectivity index (χ0n) is 18.0. The van der Waals surface area contributed by atoms with Crippen LogP contribution < -0.4 is 10.7 Å². The van der Waals surface area contributed by atoms with Crippen LogP contribution in [0.15, 0.2) is 63.8 Å². The van der Waals surface area contributed by atoms with Gasteiger partial charge in [0, 0.05) is 22.4 Å². The maximum atomic E-state index is 13.2. The zero-order chi connectivity index (χ0) is 22.1. The number of nitrogens with zero attached hydrogens (tertiary/aromatic N) is 2. The van der Waals surface area contributed by atoms with Gasteiger partial charge < -0.3 is 9.73 Å². The number of nitrogens with one attached hydrogen (secondary N) is 1. The lowest BCUT2D eigenvalue weighted by atomic mass is 9.98. The van der Waals surface area contributed by atoms with Crippen molar-refractivity contribution in [3.8, 4) is 17.4 Å². The van der Waals surface area contributed by atoms with Crippen LogP contribution in [-0.2, 0) is 0 Å². The highest BCUT2D eigenvalue weighted by Gasteiger charge is 2.19. The molecule has 0 spiro atoms. The first-order valence-corrected chi connectivity index (χ1v) is 10.2. The number of rotatable bonds is 4. The van der Waals surface area contributed by atoms with Gasteiger partial charge in [-0.2, -0.15) is 5.26 Å². The summed E-state index contributed by atoms with van der Waals surface area (Å²) in [6.45, 7) is 7.60. The van der Waals surface area contributed by atoms with E-state index in [0.717, 1.165) is 22.4 Å². The second-order valence-electron chi connectivity index (χ2n) is 7.81. The Morgan fingerprint density at radius 1 is 1.06 bits per heavy atom. The van der Waals surface area contributed by atoms with E-state index in [9.17, 15) is 10.1 Å². The van der Waals surface area contributed by atoms with E-state index in [1.807, 2.05) is 75.4 Å². The van der Waals surface area contributed by atoms with Gasteiger partial charge in [0.1, 0.15) is 17.4 Å². The molecule has 0 fully saturated rings. The third-order valence-corrected chi connectivity index (χ3v) is 5.41. The normalized spacial score (nSPS) is 11.8. The Hall–Kier alpha value is -3.91. The van der Waals surface area contributed by atoms with Gasteiger partial charge in [-0.1, -0.05) is 36.4 Å². The van der Waals surface area contributed by atoms with Crippen LogP contribution in [0.3, 0.4) is 0 Å². The van der Waals surface area contributed by atoms with E-state index in [1.54, 1.807) is 6.92 Å². The predicted molar refractivity (Wildman–Crippen MR) is 123 cm³/mol. The molecule has 0 radical (unpaired) electrons. The minimum Gasteiger partial charge on any atom is -0.455 e. The summed E-state index contributed by atoms with van der Waals surface area (Å²) >= 11 is 0. The molecule has 4 rings (SSSR count). The maximum Gasteiger partial charge on any atom is 0.196 e. The van der Waals surface area contributed by atoms with Crippen molar-refractivity contribution < 1.29 is 4.42 Å². The molecule has 0 aliphatic rings. The van der Waals surface area contributed by atoms with Gasteiger partial charge in [0.05, 0.1) is 17.1 Å². The van der Waals surface area contributed by atoms with E-state index in [-0.39, 0.29) is 11.5 Å². The van der Waals surface area contributed by atoms with Gasteiger partial charge in [0.15, 0.2) is 11.1 Å². The van der Waals surface area contributed by atoms with Gasteiger partial charge in [0.2, 0.25) is 0 Å². The average molecular weight is 409 g/mol. The molecule has 5 nitrogen and oxygen atoms in total. The smallest absolute Gasteiger partial charge is 0.196 e. The van der Waals surface area contributed by atoms with Gasteiger partial charge in [-0.25, -0.2) is 4.98 Å². The molecule has 0 bridgehead atoms. The largest absolute Gasteiger partial charge is 0.455 e. The number of hydrogen-bond donors (Lipinski definition) is 1. The molecule has 2 aromatic heterocycles. The molecule has 5 heteroatoms. The van der Waals surface area contributed by atoms with Crippen LogP contribution >= 0.6 is 0 Å². The Morgan fingerprint density at radius 2 is 1.81 bits per heavy atom. The molecule has 0 aliphatic carbocycles. The summed E-state index contributed by atoms with van der Waals surface area (Å²) in [4.78, 5) is 17.5. The first-order valence-electron chi connectivity index (χ1n) is 10.2. The first kappa shape index (κ1) is 20.4. The van der Waals surface area contributed by atoms with Crippen molar-refractivity contribution in [2.75, 3.05) is 5.32 Å². The molecule has 1 atom stereocenters. The Labute approximate surface area is 181 Å². The lowest BCUT2D eigenvalue weighted by molar-refractivity contribution is 0.605.